The Morgan fingerprint density at radius 2 is 2.04 bits per heavy atom. The number of carboxylic acids is 1. The molecular formula is C18H21N3O3. The number of hydrogen-bond donors (Lipinski definition) is 1. The van der Waals surface area contributed by atoms with Gasteiger partial charge in [-0.2, -0.15) is 5.10 Å². The van der Waals surface area contributed by atoms with Crippen LogP contribution in [0.1, 0.15) is 25.3 Å². The molecule has 0 radical (unpaired) electrons. The van der Waals surface area contributed by atoms with Crippen molar-refractivity contribution in [3.8, 4) is 5.69 Å². The highest BCUT2D eigenvalue weighted by molar-refractivity contribution is 5.80. The molecule has 1 amide bonds. The molecule has 1 fully saturated rings. The average molecular weight is 327 g/mol. The maximum absolute atomic E-state index is 12.6. The molecule has 2 aromatic rings. The van der Waals surface area contributed by atoms with Gasteiger partial charge in [0.05, 0.1) is 24.2 Å². The Balaban J connectivity index is 1.69. The second kappa shape index (κ2) is 6.86. The summed E-state index contributed by atoms with van der Waals surface area (Å²) in [5, 5.41) is 13.6. The van der Waals surface area contributed by atoms with Crippen LogP contribution in [0.3, 0.4) is 0 Å². The van der Waals surface area contributed by atoms with Crippen LogP contribution >= 0.6 is 0 Å². The van der Waals surface area contributed by atoms with Crippen LogP contribution in [0.25, 0.3) is 5.69 Å². The van der Waals surface area contributed by atoms with Crippen LogP contribution in [0.2, 0.25) is 0 Å². The number of para-hydroxylation sites is 1. The summed E-state index contributed by atoms with van der Waals surface area (Å²) < 4.78 is 1.74. The minimum absolute atomic E-state index is 0.0407. The van der Waals surface area contributed by atoms with E-state index >= 15 is 0 Å². The number of carbonyl (C=O) groups excluding carboxylic acids is 1. The molecule has 1 aromatic carbocycles. The highest BCUT2D eigenvalue weighted by Crippen LogP contribution is 2.24. The number of piperidine rings is 1. The van der Waals surface area contributed by atoms with Gasteiger partial charge in [-0.15, -0.1) is 0 Å². The molecule has 1 N–H and O–H groups in total. The number of benzene rings is 1. The molecule has 0 aliphatic carbocycles. The van der Waals surface area contributed by atoms with Gasteiger partial charge in [0.2, 0.25) is 5.91 Å². The van der Waals surface area contributed by atoms with Gasteiger partial charge in [-0.1, -0.05) is 18.2 Å². The number of likely N-dealkylation sites (tertiary alicyclic amines) is 1. The molecule has 2 heterocycles. The number of hydrogen-bond acceptors (Lipinski definition) is 3. The molecule has 3 rings (SSSR count). The standard InChI is InChI=1S/C18H21N3O3/c1-13-16(18(23)24)8-5-9-20(13)17(22)10-14-11-19-21(12-14)15-6-3-2-4-7-15/h2-4,6-7,11-13,16H,5,8-10H2,1H3,(H,23,24)/t13-,16-/m1/s1. The van der Waals surface area contributed by atoms with Crippen molar-refractivity contribution in [3.63, 3.8) is 0 Å². The average Bonchev–Trinajstić information content (AvgIpc) is 3.04. The summed E-state index contributed by atoms with van der Waals surface area (Å²) in [6.07, 6.45) is 5.14. The van der Waals surface area contributed by atoms with E-state index in [9.17, 15) is 14.7 Å². The van der Waals surface area contributed by atoms with Crippen LogP contribution in [0.15, 0.2) is 42.7 Å². The van der Waals surface area contributed by atoms with E-state index in [4.69, 9.17) is 0 Å². The molecular weight excluding hydrogens is 306 g/mol. The number of nitrogens with zero attached hydrogens (tertiary/aromatic N) is 3. The first-order valence-electron chi connectivity index (χ1n) is 8.17. The number of carboxylic acid groups (broad SMARTS) is 1. The maximum Gasteiger partial charge on any atom is 0.308 e. The molecule has 1 saturated heterocycles. The molecule has 6 nitrogen and oxygen atoms in total. The Bertz CT molecular complexity index is 726. The third-order valence-corrected chi connectivity index (χ3v) is 4.64. The molecule has 1 aromatic heterocycles. The first-order chi connectivity index (χ1) is 11.6. The van der Waals surface area contributed by atoms with Crippen LogP contribution in [-0.2, 0) is 16.0 Å². The van der Waals surface area contributed by atoms with E-state index < -0.39 is 11.9 Å². The van der Waals surface area contributed by atoms with E-state index in [0.29, 0.717) is 13.0 Å². The van der Waals surface area contributed by atoms with Crippen molar-refractivity contribution >= 4 is 11.9 Å². The molecule has 0 unspecified atom stereocenters. The lowest BCUT2D eigenvalue weighted by Gasteiger charge is -2.37. The first-order valence-corrected chi connectivity index (χ1v) is 8.17. The van der Waals surface area contributed by atoms with Crippen molar-refractivity contribution < 1.29 is 14.7 Å². The second-order valence-electron chi connectivity index (χ2n) is 6.22. The third-order valence-electron chi connectivity index (χ3n) is 4.64. The normalized spacial score (nSPS) is 20.8. The van der Waals surface area contributed by atoms with Crippen LogP contribution in [0.5, 0.6) is 0 Å². The fourth-order valence-electron chi connectivity index (χ4n) is 3.27. The smallest absolute Gasteiger partial charge is 0.308 e. The monoisotopic (exact) mass is 327 g/mol. The van der Waals surface area contributed by atoms with E-state index in [2.05, 4.69) is 5.10 Å². The summed E-state index contributed by atoms with van der Waals surface area (Å²) in [7, 11) is 0. The number of aliphatic carboxylic acids is 1. The minimum Gasteiger partial charge on any atom is -0.481 e. The summed E-state index contributed by atoms with van der Waals surface area (Å²) in [5.41, 5.74) is 1.77. The quantitative estimate of drug-likeness (QED) is 0.933. The van der Waals surface area contributed by atoms with Crippen molar-refractivity contribution in [1.29, 1.82) is 0 Å². The number of carbonyl (C=O) groups is 2. The predicted octanol–water partition coefficient (Wildman–Crippen LogP) is 2.13. The van der Waals surface area contributed by atoms with Crippen LogP contribution in [-0.4, -0.2) is 44.3 Å². The summed E-state index contributed by atoms with van der Waals surface area (Å²) in [4.78, 5) is 25.6. The van der Waals surface area contributed by atoms with Gasteiger partial charge in [-0.3, -0.25) is 9.59 Å². The van der Waals surface area contributed by atoms with Gasteiger partial charge in [-0.25, -0.2) is 4.68 Å². The fourth-order valence-corrected chi connectivity index (χ4v) is 3.27. The molecule has 1 aliphatic rings. The van der Waals surface area contributed by atoms with E-state index in [1.807, 2.05) is 43.5 Å². The van der Waals surface area contributed by atoms with E-state index in [1.54, 1.807) is 15.8 Å². The van der Waals surface area contributed by atoms with Gasteiger partial charge in [0.25, 0.3) is 0 Å². The van der Waals surface area contributed by atoms with Crippen molar-refractivity contribution in [1.82, 2.24) is 14.7 Å². The van der Waals surface area contributed by atoms with Gasteiger partial charge in [-0.05, 0) is 37.5 Å². The molecule has 0 spiro atoms. The summed E-state index contributed by atoms with van der Waals surface area (Å²) in [6, 6.07) is 9.43. The fraction of sp³-hybridized carbons (Fsp3) is 0.389. The third kappa shape index (κ3) is 3.32. The van der Waals surface area contributed by atoms with E-state index in [-0.39, 0.29) is 18.4 Å². The minimum atomic E-state index is -0.822. The van der Waals surface area contributed by atoms with Crippen LogP contribution in [0, 0.1) is 5.92 Å². The lowest BCUT2D eigenvalue weighted by Crippen LogP contribution is -2.49. The SMILES string of the molecule is C[C@@H]1[C@H](C(=O)O)CCCN1C(=O)Cc1cnn(-c2ccccc2)c1. The predicted molar refractivity (Wildman–Crippen MR) is 88.8 cm³/mol. The van der Waals surface area contributed by atoms with Crippen molar-refractivity contribution in [2.75, 3.05) is 6.54 Å². The zero-order valence-electron chi connectivity index (χ0n) is 13.6. The Labute approximate surface area is 140 Å². The van der Waals surface area contributed by atoms with Crippen molar-refractivity contribution in [3.05, 3.63) is 48.3 Å². The Kier molecular flexibility index (Phi) is 4.64. The lowest BCUT2D eigenvalue weighted by molar-refractivity contribution is -0.148. The molecule has 24 heavy (non-hydrogen) atoms. The Hall–Kier alpha value is -2.63. The van der Waals surface area contributed by atoms with Crippen LogP contribution < -0.4 is 0 Å². The maximum atomic E-state index is 12.6. The van der Waals surface area contributed by atoms with Gasteiger partial charge >= 0.3 is 5.97 Å². The van der Waals surface area contributed by atoms with E-state index in [1.165, 1.54) is 0 Å². The summed E-state index contributed by atoms with van der Waals surface area (Å²) >= 11 is 0. The number of amides is 1. The number of rotatable bonds is 4. The molecule has 0 bridgehead atoms. The highest BCUT2D eigenvalue weighted by Gasteiger charge is 2.35. The van der Waals surface area contributed by atoms with Crippen molar-refractivity contribution in [2.45, 2.75) is 32.2 Å². The molecule has 1 aliphatic heterocycles. The van der Waals surface area contributed by atoms with Crippen LogP contribution in [0.4, 0.5) is 0 Å². The Morgan fingerprint density at radius 1 is 1.29 bits per heavy atom. The molecule has 2 atom stereocenters. The van der Waals surface area contributed by atoms with Gasteiger partial charge in [0, 0.05) is 18.8 Å². The van der Waals surface area contributed by atoms with Gasteiger partial charge in [0.1, 0.15) is 0 Å². The largest absolute Gasteiger partial charge is 0.481 e. The lowest BCUT2D eigenvalue weighted by atomic mass is 9.90. The molecule has 126 valence electrons. The molecule has 6 heteroatoms. The topological polar surface area (TPSA) is 75.4 Å². The number of aromatic nitrogens is 2. The van der Waals surface area contributed by atoms with E-state index in [0.717, 1.165) is 17.7 Å². The van der Waals surface area contributed by atoms with Gasteiger partial charge in [0.15, 0.2) is 0 Å². The highest BCUT2D eigenvalue weighted by atomic mass is 16.4. The Morgan fingerprint density at radius 3 is 2.75 bits per heavy atom. The second-order valence-corrected chi connectivity index (χ2v) is 6.22. The first kappa shape index (κ1) is 16.2. The molecule has 0 saturated carbocycles. The summed E-state index contributed by atoms with van der Waals surface area (Å²) in [6.45, 7) is 2.44. The zero-order chi connectivity index (χ0) is 17.1. The zero-order valence-corrected chi connectivity index (χ0v) is 13.6. The summed E-state index contributed by atoms with van der Waals surface area (Å²) in [5.74, 6) is -1.34. The van der Waals surface area contributed by atoms with Gasteiger partial charge < -0.3 is 10.0 Å². The van der Waals surface area contributed by atoms with Crippen molar-refractivity contribution in [2.24, 2.45) is 5.92 Å².